The summed E-state index contributed by atoms with van der Waals surface area (Å²) in [7, 11) is 0. The first-order valence-corrected chi connectivity index (χ1v) is 7.34. The van der Waals surface area contributed by atoms with Crippen molar-refractivity contribution in [2.45, 2.75) is 62.8 Å². The van der Waals surface area contributed by atoms with Gasteiger partial charge in [-0.1, -0.05) is 13.3 Å². The number of thioether (sulfide) groups is 1. The van der Waals surface area contributed by atoms with Crippen LogP contribution in [0.15, 0.2) is 0 Å². The SMILES string of the molecule is CCC(C)(O)CNC1CCCC(SC)C1. The normalized spacial score (nSPS) is 31.2. The van der Waals surface area contributed by atoms with Crippen molar-refractivity contribution in [1.82, 2.24) is 5.32 Å². The first kappa shape index (κ1) is 13.3. The summed E-state index contributed by atoms with van der Waals surface area (Å²) in [5.41, 5.74) is -0.535. The van der Waals surface area contributed by atoms with Crippen LogP contribution in [0.1, 0.15) is 46.0 Å². The molecule has 3 heteroatoms. The van der Waals surface area contributed by atoms with E-state index in [9.17, 15) is 5.11 Å². The van der Waals surface area contributed by atoms with Crippen LogP contribution in [-0.4, -0.2) is 34.8 Å². The van der Waals surface area contributed by atoms with Crippen LogP contribution in [0.4, 0.5) is 0 Å². The van der Waals surface area contributed by atoms with Crippen molar-refractivity contribution in [2.24, 2.45) is 0 Å². The largest absolute Gasteiger partial charge is 0.389 e. The molecule has 1 rings (SSSR count). The molecule has 0 radical (unpaired) electrons. The summed E-state index contributed by atoms with van der Waals surface area (Å²) in [6.07, 6.45) is 8.26. The maximum Gasteiger partial charge on any atom is 0.0741 e. The molecule has 0 aromatic carbocycles. The molecule has 1 saturated carbocycles. The van der Waals surface area contributed by atoms with Gasteiger partial charge in [0.15, 0.2) is 0 Å². The predicted molar refractivity (Wildman–Crippen MR) is 68.5 cm³/mol. The van der Waals surface area contributed by atoms with Gasteiger partial charge in [-0.25, -0.2) is 0 Å². The monoisotopic (exact) mass is 231 g/mol. The van der Waals surface area contributed by atoms with Crippen LogP contribution in [0.2, 0.25) is 0 Å². The molecule has 90 valence electrons. The lowest BCUT2D eigenvalue weighted by Crippen LogP contribution is -2.44. The molecule has 0 aromatic rings. The molecule has 0 aliphatic heterocycles. The van der Waals surface area contributed by atoms with Gasteiger partial charge in [0.1, 0.15) is 0 Å². The standard InChI is InChI=1S/C12H25NOS/c1-4-12(2,14)9-13-10-6-5-7-11(8-10)15-3/h10-11,13-14H,4-9H2,1-3H3. The van der Waals surface area contributed by atoms with E-state index in [0.717, 1.165) is 18.2 Å². The molecule has 3 unspecified atom stereocenters. The summed E-state index contributed by atoms with van der Waals surface area (Å²) in [6, 6.07) is 0.620. The van der Waals surface area contributed by atoms with Crippen molar-refractivity contribution in [3.05, 3.63) is 0 Å². The minimum atomic E-state index is -0.535. The fraction of sp³-hybridized carbons (Fsp3) is 1.00. The van der Waals surface area contributed by atoms with Gasteiger partial charge in [0.2, 0.25) is 0 Å². The molecular weight excluding hydrogens is 206 g/mol. The van der Waals surface area contributed by atoms with Crippen LogP contribution in [0.3, 0.4) is 0 Å². The van der Waals surface area contributed by atoms with E-state index in [1.54, 1.807) is 0 Å². The van der Waals surface area contributed by atoms with Crippen LogP contribution in [0, 0.1) is 0 Å². The van der Waals surface area contributed by atoms with Crippen molar-refractivity contribution in [2.75, 3.05) is 12.8 Å². The van der Waals surface area contributed by atoms with Gasteiger partial charge in [-0.3, -0.25) is 0 Å². The van der Waals surface area contributed by atoms with Gasteiger partial charge in [0, 0.05) is 17.8 Å². The third-order valence-electron chi connectivity index (χ3n) is 3.49. The third kappa shape index (κ3) is 4.75. The maximum absolute atomic E-state index is 9.91. The number of rotatable bonds is 5. The Hall–Kier alpha value is 0.270. The average molecular weight is 231 g/mol. The molecule has 0 amide bonds. The molecule has 1 aliphatic rings. The van der Waals surface area contributed by atoms with Gasteiger partial charge in [-0.2, -0.15) is 11.8 Å². The Labute approximate surface area is 98.2 Å². The summed E-state index contributed by atoms with van der Waals surface area (Å²) in [5, 5.41) is 14.2. The van der Waals surface area contributed by atoms with Crippen LogP contribution < -0.4 is 5.32 Å². The molecule has 2 nitrogen and oxygen atoms in total. The summed E-state index contributed by atoms with van der Waals surface area (Å²) in [6.45, 7) is 4.68. The zero-order valence-corrected chi connectivity index (χ0v) is 11.1. The van der Waals surface area contributed by atoms with Gasteiger partial charge in [-0.05, 0) is 38.9 Å². The molecule has 0 saturated heterocycles. The second kappa shape index (κ2) is 6.12. The molecule has 3 atom stereocenters. The fourth-order valence-electron chi connectivity index (χ4n) is 2.03. The van der Waals surface area contributed by atoms with Crippen molar-refractivity contribution < 1.29 is 5.11 Å². The fourth-order valence-corrected chi connectivity index (χ4v) is 2.86. The Morgan fingerprint density at radius 3 is 2.80 bits per heavy atom. The van der Waals surface area contributed by atoms with Crippen molar-refractivity contribution in [1.29, 1.82) is 0 Å². The zero-order valence-electron chi connectivity index (χ0n) is 10.3. The number of hydrogen-bond donors (Lipinski definition) is 2. The van der Waals surface area contributed by atoms with E-state index in [0.29, 0.717) is 6.04 Å². The van der Waals surface area contributed by atoms with E-state index in [1.807, 2.05) is 25.6 Å². The van der Waals surface area contributed by atoms with Crippen LogP contribution in [-0.2, 0) is 0 Å². The first-order valence-electron chi connectivity index (χ1n) is 6.06. The van der Waals surface area contributed by atoms with E-state index >= 15 is 0 Å². The molecule has 0 heterocycles. The lowest BCUT2D eigenvalue weighted by molar-refractivity contribution is 0.0514. The molecular formula is C12H25NOS. The molecule has 2 N–H and O–H groups in total. The number of hydrogen-bond acceptors (Lipinski definition) is 3. The Bertz CT molecular complexity index is 184. The van der Waals surface area contributed by atoms with E-state index in [2.05, 4.69) is 11.6 Å². The number of aliphatic hydroxyl groups is 1. The molecule has 15 heavy (non-hydrogen) atoms. The lowest BCUT2D eigenvalue weighted by atomic mass is 9.94. The quantitative estimate of drug-likeness (QED) is 0.762. The molecule has 1 aliphatic carbocycles. The average Bonchev–Trinajstić information content (AvgIpc) is 2.27. The highest BCUT2D eigenvalue weighted by Crippen LogP contribution is 2.27. The van der Waals surface area contributed by atoms with Crippen LogP contribution in [0.5, 0.6) is 0 Å². The first-order chi connectivity index (χ1) is 7.07. The van der Waals surface area contributed by atoms with Gasteiger partial charge in [0.25, 0.3) is 0 Å². The topological polar surface area (TPSA) is 32.3 Å². The molecule has 1 fully saturated rings. The highest BCUT2D eigenvalue weighted by atomic mass is 32.2. The minimum Gasteiger partial charge on any atom is -0.389 e. The summed E-state index contributed by atoms with van der Waals surface area (Å²) in [4.78, 5) is 0. The maximum atomic E-state index is 9.91. The van der Waals surface area contributed by atoms with E-state index in [4.69, 9.17) is 0 Å². The lowest BCUT2D eigenvalue weighted by Gasteiger charge is -2.31. The molecule has 0 bridgehead atoms. The summed E-state index contributed by atoms with van der Waals surface area (Å²) >= 11 is 1.99. The Morgan fingerprint density at radius 2 is 2.20 bits per heavy atom. The highest BCUT2D eigenvalue weighted by Gasteiger charge is 2.24. The smallest absolute Gasteiger partial charge is 0.0741 e. The second-order valence-corrected chi connectivity index (χ2v) is 6.09. The van der Waals surface area contributed by atoms with E-state index in [-0.39, 0.29) is 0 Å². The van der Waals surface area contributed by atoms with Gasteiger partial charge >= 0.3 is 0 Å². The molecule has 0 aromatic heterocycles. The minimum absolute atomic E-state index is 0.535. The summed E-state index contributed by atoms with van der Waals surface area (Å²) in [5.74, 6) is 0. The van der Waals surface area contributed by atoms with Crippen molar-refractivity contribution in [3.8, 4) is 0 Å². The summed E-state index contributed by atoms with van der Waals surface area (Å²) < 4.78 is 0. The number of nitrogens with one attached hydrogen (secondary N) is 1. The zero-order chi connectivity index (χ0) is 11.3. The van der Waals surface area contributed by atoms with E-state index < -0.39 is 5.60 Å². The van der Waals surface area contributed by atoms with Gasteiger partial charge in [0.05, 0.1) is 5.60 Å². The Kier molecular flexibility index (Phi) is 5.44. The predicted octanol–water partition coefficient (Wildman–Crippen LogP) is 2.41. The van der Waals surface area contributed by atoms with Gasteiger partial charge in [-0.15, -0.1) is 0 Å². The van der Waals surface area contributed by atoms with Crippen LogP contribution >= 0.6 is 11.8 Å². The second-order valence-electron chi connectivity index (χ2n) is 4.95. The van der Waals surface area contributed by atoms with Crippen molar-refractivity contribution >= 4 is 11.8 Å². The van der Waals surface area contributed by atoms with E-state index in [1.165, 1.54) is 25.7 Å². The van der Waals surface area contributed by atoms with Crippen molar-refractivity contribution in [3.63, 3.8) is 0 Å². The van der Waals surface area contributed by atoms with Gasteiger partial charge < -0.3 is 10.4 Å². The molecule has 0 spiro atoms. The Balaban J connectivity index is 2.26. The Morgan fingerprint density at radius 1 is 1.47 bits per heavy atom. The van der Waals surface area contributed by atoms with Crippen LogP contribution in [0.25, 0.3) is 0 Å². The highest BCUT2D eigenvalue weighted by molar-refractivity contribution is 7.99. The third-order valence-corrected chi connectivity index (χ3v) is 4.59.